The van der Waals surface area contributed by atoms with Gasteiger partial charge in [0.25, 0.3) is 0 Å². The maximum atomic E-state index is 12.8. The minimum atomic E-state index is -0.407. The van der Waals surface area contributed by atoms with Crippen molar-refractivity contribution in [1.29, 1.82) is 0 Å². The number of nitrogens with zero attached hydrogens (tertiary/aromatic N) is 2. The van der Waals surface area contributed by atoms with Crippen LogP contribution in [0.2, 0.25) is 0 Å². The van der Waals surface area contributed by atoms with Crippen LogP contribution in [0.1, 0.15) is 55.2 Å². The maximum absolute atomic E-state index is 12.8. The SMILES string of the molecule is Cc1c(CC(=O)N2CCN(C)CC2)c(=O)oc2cc3c(cc12)CCC1(CCCCC1)O3. The molecule has 1 saturated carbocycles. The third kappa shape index (κ3) is 3.86. The van der Waals surface area contributed by atoms with E-state index in [9.17, 15) is 9.59 Å². The van der Waals surface area contributed by atoms with Gasteiger partial charge in [0.2, 0.25) is 5.91 Å². The molecule has 31 heavy (non-hydrogen) atoms. The van der Waals surface area contributed by atoms with E-state index in [1.165, 1.54) is 24.8 Å². The Morgan fingerprint density at radius 2 is 1.81 bits per heavy atom. The summed E-state index contributed by atoms with van der Waals surface area (Å²) in [7, 11) is 2.06. The second-order valence-corrected chi connectivity index (χ2v) is 9.66. The molecular formula is C25H32N2O4. The number of hydrogen-bond acceptors (Lipinski definition) is 5. The average Bonchev–Trinajstić information content (AvgIpc) is 2.76. The summed E-state index contributed by atoms with van der Waals surface area (Å²) in [6.45, 7) is 5.08. The van der Waals surface area contributed by atoms with Crippen LogP contribution >= 0.6 is 0 Å². The van der Waals surface area contributed by atoms with E-state index in [1.54, 1.807) is 0 Å². The zero-order chi connectivity index (χ0) is 21.6. The van der Waals surface area contributed by atoms with Crippen molar-refractivity contribution in [2.24, 2.45) is 0 Å². The van der Waals surface area contributed by atoms with Crippen molar-refractivity contribution >= 4 is 16.9 Å². The highest BCUT2D eigenvalue weighted by atomic mass is 16.5. The van der Waals surface area contributed by atoms with Crippen LogP contribution in [-0.2, 0) is 17.6 Å². The van der Waals surface area contributed by atoms with Gasteiger partial charge in [-0.1, -0.05) is 6.42 Å². The summed E-state index contributed by atoms with van der Waals surface area (Å²) in [4.78, 5) is 29.7. The number of amides is 1. The Bertz CT molecular complexity index is 1060. The maximum Gasteiger partial charge on any atom is 0.340 e. The topological polar surface area (TPSA) is 63.0 Å². The van der Waals surface area contributed by atoms with E-state index in [2.05, 4.69) is 18.0 Å². The molecule has 1 aromatic heterocycles. The lowest BCUT2D eigenvalue weighted by Crippen LogP contribution is -2.47. The predicted octanol–water partition coefficient (Wildman–Crippen LogP) is 3.45. The second-order valence-electron chi connectivity index (χ2n) is 9.66. The number of ether oxygens (including phenoxy) is 1. The van der Waals surface area contributed by atoms with Gasteiger partial charge in [-0.25, -0.2) is 4.79 Å². The van der Waals surface area contributed by atoms with Crippen LogP contribution in [-0.4, -0.2) is 54.5 Å². The van der Waals surface area contributed by atoms with Gasteiger partial charge >= 0.3 is 5.63 Å². The highest BCUT2D eigenvalue weighted by molar-refractivity contribution is 5.86. The lowest BCUT2D eigenvalue weighted by atomic mass is 9.79. The standard InChI is InChI=1S/C25H32N2O4/c1-17-19-14-18-6-9-25(7-4-3-5-8-25)31-21(18)16-22(19)30-24(29)20(17)15-23(28)27-12-10-26(2)11-13-27/h14,16H,3-13,15H2,1-2H3. The number of aryl methyl sites for hydroxylation is 2. The second kappa shape index (κ2) is 7.97. The molecule has 0 N–H and O–H groups in total. The van der Waals surface area contributed by atoms with Crippen LogP contribution < -0.4 is 10.4 Å². The molecule has 2 aromatic rings. The van der Waals surface area contributed by atoms with Crippen LogP contribution in [0.15, 0.2) is 21.3 Å². The molecule has 6 nitrogen and oxygen atoms in total. The van der Waals surface area contributed by atoms with E-state index in [1.807, 2.05) is 17.9 Å². The number of hydrogen-bond donors (Lipinski definition) is 0. The Labute approximate surface area is 183 Å². The van der Waals surface area contributed by atoms with Crippen LogP contribution in [0, 0.1) is 6.92 Å². The van der Waals surface area contributed by atoms with Crippen molar-refractivity contribution < 1.29 is 13.9 Å². The highest BCUT2D eigenvalue weighted by Gasteiger charge is 2.37. The van der Waals surface area contributed by atoms with Gasteiger partial charge < -0.3 is 19.0 Å². The summed E-state index contributed by atoms with van der Waals surface area (Å²) in [6.07, 6.45) is 8.10. The smallest absolute Gasteiger partial charge is 0.340 e. The molecular weight excluding hydrogens is 392 g/mol. The first-order valence-corrected chi connectivity index (χ1v) is 11.7. The molecule has 0 radical (unpaired) electrons. The molecule has 166 valence electrons. The molecule has 1 aromatic carbocycles. The van der Waals surface area contributed by atoms with E-state index in [4.69, 9.17) is 9.15 Å². The van der Waals surface area contributed by atoms with E-state index < -0.39 is 5.63 Å². The summed E-state index contributed by atoms with van der Waals surface area (Å²) in [5.74, 6) is 0.868. The van der Waals surface area contributed by atoms with Crippen molar-refractivity contribution in [1.82, 2.24) is 9.80 Å². The minimum absolute atomic E-state index is 0.00313. The Balaban J connectivity index is 1.44. The minimum Gasteiger partial charge on any atom is -0.487 e. The summed E-state index contributed by atoms with van der Waals surface area (Å²) in [6, 6.07) is 4.02. The number of benzene rings is 1. The zero-order valence-corrected chi connectivity index (χ0v) is 18.7. The number of piperazine rings is 1. The van der Waals surface area contributed by atoms with Crippen molar-refractivity contribution in [2.75, 3.05) is 33.2 Å². The average molecular weight is 425 g/mol. The van der Waals surface area contributed by atoms with Gasteiger partial charge in [-0.2, -0.15) is 0 Å². The molecule has 1 saturated heterocycles. The Kier molecular flexibility index (Phi) is 5.29. The quantitative estimate of drug-likeness (QED) is 0.691. The third-order valence-corrected chi connectivity index (χ3v) is 7.59. The summed E-state index contributed by atoms with van der Waals surface area (Å²) < 4.78 is 12.2. The van der Waals surface area contributed by atoms with E-state index >= 15 is 0 Å². The first-order chi connectivity index (χ1) is 14.9. The summed E-state index contributed by atoms with van der Waals surface area (Å²) in [5.41, 5.74) is 2.63. The molecule has 1 spiro atoms. The Morgan fingerprint density at radius 3 is 2.55 bits per heavy atom. The van der Waals surface area contributed by atoms with Crippen LogP contribution in [0.3, 0.4) is 0 Å². The number of carbonyl (C=O) groups excluding carboxylic acids is 1. The summed E-state index contributed by atoms with van der Waals surface area (Å²) in [5, 5.41) is 0.919. The number of fused-ring (bicyclic) bond motifs is 2. The normalized spacial score (nSPS) is 21.2. The molecule has 1 amide bonds. The van der Waals surface area contributed by atoms with Gasteiger partial charge in [0, 0.05) is 37.6 Å². The monoisotopic (exact) mass is 424 g/mol. The van der Waals surface area contributed by atoms with Gasteiger partial charge in [0.05, 0.1) is 12.0 Å². The molecule has 2 aliphatic heterocycles. The molecule has 3 aliphatic rings. The fourth-order valence-corrected chi connectivity index (χ4v) is 5.47. The predicted molar refractivity (Wildman–Crippen MR) is 120 cm³/mol. The van der Waals surface area contributed by atoms with E-state index in [-0.39, 0.29) is 17.9 Å². The van der Waals surface area contributed by atoms with Crippen LogP contribution in [0.4, 0.5) is 0 Å². The molecule has 0 unspecified atom stereocenters. The Hall–Kier alpha value is -2.34. The van der Waals surface area contributed by atoms with Gasteiger partial charge in [-0.05, 0) is 69.7 Å². The van der Waals surface area contributed by atoms with Crippen LogP contribution in [0.5, 0.6) is 5.75 Å². The lowest BCUT2D eigenvalue weighted by Gasteiger charge is -2.41. The lowest BCUT2D eigenvalue weighted by molar-refractivity contribution is -0.132. The molecule has 5 rings (SSSR count). The van der Waals surface area contributed by atoms with Crippen molar-refractivity contribution in [2.45, 2.75) is 63.9 Å². The molecule has 3 heterocycles. The van der Waals surface area contributed by atoms with Gasteiger partial charge in [0.15, 0.2) is 0 Å². The zero-order valence-electron chi connectivity index (χ0n) is 18.7. The molecule has 1 aliphatic carbocycles. The first kappa shape index (κ1) is 20.6. The number of likely N-dealkylation sites (N-methyl/N-ethyl adjacent to an activating group) is 1. The largest absolute Gasteiger partial charge is 0.487 e. The fourth-order valence-electron chi connectivity index (χ4n) is 5.47. The molecule has 0 bridgehead atoms. The van der Waals surface area contributed by atoms with Gasteiger partial charge in [0.1, 0.15) is 16.9 Å². The molecule has 6 heteroatoms. The number of rotatable bonds is 2. The van der Waals surface area contributed by atoms with Crippen LogP contribution in [0.25, 0.3) is 11.0 Å². The van der Waals surface area contributed by atoms with E-state index in [0.29, 0.717) is 24.2 Å². The fraction of sp³-hybridized carbons (Fsp3) is 0.600. The Morgan fingerprint density at radius 1 is 1.06 bits per heavy atom. The van der Waals surface area contributed by atoms with E-state index in [0.717, 1.165) is 55.5 Å². The highest BCUT2D eigenvalue weighted by Crippen LogP contribution is 2.43. The van der Waals surface area contributed by atoms with Crippen molar-refractivity contribution in [3.05, 3.63) is 39.2 Å². The molecule has 2 fully saturated rings. The first-order valence-electron chi connectivity index (χ1n) is 11.7. The third-order valence-electron chi connectivity index (χ3n) is 7.59. The van der Waals surface area contributed by atoms with Gasteiger partial charge in [-0.3, -0.25) is 4.79 Å². The summed E-state index contributed by atoms with van der Waals surface area (Å²) >= 11 is 0. The van der Waals surface area contributed by atoms with Crippen molar-refractivity contribution in [3.63, 3.8) is 0 Å². The number of carbonyl (C=O) groups is 1. The molecule has 0 atom stereocenters. The van der Waals surface area contributed by atoms with Crippen molar-refractivity contribution in [3.8, 4) is 5.75 Å². The van der Waals surface area contributed by atoms with Gasteiger partial charge in [-0.15, -0.1) is 0 Å².